The van der Waals surface area contributed by atoms with Crippen molar-refractivity contribution in [2.75, 3.05) is 6.54 Å². The van der Waals surface area contributed by atoms with Crippen molar-refractivity contribution >= 4 is 5.91 Å². The summed E-state index contributed by atoms with van der Waals surface area (Å²) >= 11 is 0. The molecule has 1 aliphatic rings. The number of carbonyl (C=O) groups excluding carboxylic acids is 1. The van der Waals surface area contributed by atoms with Crippen molar-refractivity contribution in [1.29, 1.82) is 0 Å². The molecular weight excluding hydrogens is 262 g/mol. The summed E-state index contributed by atoms with van der Waals surface area (Å²) in [6.45, 7) is 0.412. The highest BCUT2D eigenvalue weighted by atomic mass is 16.5. The van der Waals surface area contributed by atoms with Crippen LogP contribution in [-0.4, -0.2) is 52.1 Å². The predicted molar refractivity (Wildman–Crippen MR) is 70.4 cm³/mol. The molecular formula is C13H19N3O4. The molecule has 2 heterocycles. The minimum absolute atomic E-state index is 0.0262. The summed E-state index contributed by atoms with van der Waals surface area (Å²) in [5, 5.41) is 22.1. The van der Waals surface area contributed by atoms with Gasteiger partial charge >= 0.3 is 0 Å². The van der Waals surface area contributed by atoms with Crippen LogP contribution in [0.3, 0.4) is 0 Å². The molecule has 5 N–H and O–H groups in total. The molecule has 4 atom stereocenters. The Kier molecular flexibility index (Phi) is 5.02. The third-order valence-electron chi connectivity index (χ3n) is 3.27. The number of rotatable bonds is 5. The van der Waals surface area contributed by atoms with E-state index in [9.17, 15) is 15.0 Å². The molecule has 1 amide bonds. The zero-order chi connectivity index (χ0) is 14.5. The summed E-state index contributed by atoms with van der Waals surface area (Å²) in [6, 6.07) is 5.43. The maximum absolute atomic E-state index is 11.8. The molecule has 2 rings (SSSR count). The van der Waals surface area contributed by atoms with E-state index < -0.39 is 24.4 Å². The molecule has 1 fully saturated rings. The molecule has 1 aliphatic heterocycles. The molecule has 1 aromatic heterocycles. The van der Waals surface area contributed by atoms with Gasteiger partial charge in [-0.05, 0) is 12.1 Å². The van der Waals surface area contributed by atoms with E-state index in [1.807, 2.05) is 6.07 Å². The van der Waals surface area contributed by atoms with E-state index in [0.29, 0.717) is 6.54 Å². The van der Waals surface area contributed by atoms with Gasteiger partial charge in [-0.3, -0.25) is 9.78 Å². The number of aliphatic hydroxyl groups excluding tert-OH is 2. The Morgan fingerprint density at radius 2 is 2.10 bits per heavy atom. The summed E-state index contributed by atoms with van der Waals surface area (Å²) in [5.74, 6) is -0.274. The Labute approximate surface area is 116 Å². The normalized spacial score (nSPS) is 29.4. The van der Waals surface area contributed by atoms with Gasteiger partial charge in [0.15, 0.2) is 0 Å². The number of carbonyl (C=O) groups is 1. The Bertz CT molecular complexity index is 443. The van der Waals surface area contributed by atoms with Crippen molar-refractivity contribution in [3.05, 3.63) is 30.1 Å². The Balaban J connectivity index is 1.80. The number of hydrogen-bond donors (Lipinski definition) is 4. The van der Waals surface area contributed by atoms with Gasteiger partial charge in [-0.2, -0.15) is 0 Å². The standard InChI is InChI=1S/C13H19N3O4/c14-6-10-13(19)12(18)9(20-10)5-11(17)16-7-8-3-1-2-4-15-8/h1-4,9-10,12-13,18-19H,5-7,14H2,(H,16,17)/t9-,10+,12-,13+/m0/s1. The molecule has 7 nitrogen and oxygen atoms in total. The van der Waals surface area contributed by atoms with Gasteiger partial charge in [0.25, 0.3) is 0 Å². The van der Waals surface area contributed by atoms with Crippen LogP contribution in [0.2, 0.25) is 0 Å². The number of amides is 1. The first-order valence-electron chi connectivity index (χ1n) is 6.50. The van der Waals surface area contributed by atoms with Crippen LogP contribution in [0, 0.1) is 0 Å². The average molecular weight is 281 g/mol. The Morgan fingerprint density at radius 3 is 2.70 bits per heavy atom. The average Bonchev–Trinajstić information content (AvgIpc) is 2.74. The molecule has 7 heteroatoms. The number of nitrogens with two attached hydrogens (primary N) is 1. The van der Waals surface area contributed by atoms with Crippen LogP contribution in [-0.2, 0) is 16.1 Å². The van der Waals surface area contributed by atoms with Crippen LogP contribution in [0.15, 0.2) is 24.4 Å². The molecule has 0 aliphatic carbocycles. The van der Waals surface area contributed by atoms with Gasteiger partial charge < -0.3 is 26.0 Å². The first-order chi connectivity index (χ1) is 9.61. The molecule has 1 saturated heterocycles. The SMILES string of the molecule is NC[C@H]1O[C@@H](CC(=O)NCc2ccccn2)[C@H](O)[C@@H]1O. The number of aromatic nitrogens is 1. The highest BCUT2D eigenvalue weighted by Crippen LogP contribution is 2.22. The van der Waals surface area contributed by atoms with Gasteiger partial charge in [0, 0.05) is 12.7 Å². The van der Waals surface area contributed by atoms with Gasteiger partial charge in [0.05, 0.1) is 30.9 Å². The second-order valence-corrected chi connectivity index (χ2v) is 4.73. The largest absolute Gasteiger partial charge is 0.388 e. The Morgan fingerprint density at radius 1 is 1.35 bits per heavy atom. The number of nitrogens with zero attached hydrogens (tertiary/aromatic N) is 1. The fourth-order valence-corrected chi connectivity index (χ4v) is 2.14. The number of nitrogens with one attached hydrogen (secondary N) is 1. The highest BCUT2D eigenvalue weighted by molar-refractivity contribution is 5.76. The van der Waals surface area contributed by atoms with Crippen LogP contribution in [0.25, 0.3) is 0 Å². The van der Waals surface area contributed by atoms with Crippen LogP contribution in [0.4, 0.5) is 0 Å². The topological polar surface area (TPSA) is 118 Å². The van der Waals surface area contributed by atoms with Crippen molar-refractivity contribution in [3.63, 3.8) is 0 Å². The fourth-order valence-electron chi connectivity index (χ4n) is 2.14. The van der Waals surface area contributed by atoms with Gasteiger partial charge in [0.2, 0.25) is 5.91 Å². The summed E-state index contributed by atoms with van der Waals surface area (Å²) in [5.41, 5.74) is 6.15. The van der Waals surface area contributed by atoms with Crippen molar-refractivity contribution in [3.8, 4) is 0 Å². The number of aliphatic hydroxyl groups is 2. The van der Waals surface area contributed by atoms with Gasteiger partial charge in [-0.25, -0.2) is 0 Å². The molecule has 110 valence electrons. The zero-order valence-electron chi connectivity index (χ0n) is 11.0. The third kappa shape index (κ3) is 3.51. The molecule has 0 bridgehead atoms. The van der Waals surface area contributed by atoms with Gasteiger partial charge in [-0.1, -0.05) is 6.07 Å². The fraction of sp³-hybridized carbons (Fsp3) is 0.538. The lowest BCUT2D eigenvalue weighted by Gasteiger charge is -2.14. The number of hydrogen-bond acceptors (Lipinski definition) is 6. The van der Waals surface area contributed by atoms with Crippen molar-refractivity contribution < 1.29 is 19.7 Å². The maximum atomic E-state index is 11.8. The Hall–Kier alpha value is -1.54. The summed E-state index contributed by atoms with van der Waals surface area (Å²) in [6.07, 6.45) is -1.88. The van der Waals surface area contributed by atoms with Crippen molar-refractivity contribution in [2.45, 2.75) is 37.4 Å². The van der Waals surface area contributed by atoms with E-state index >= 15 is 0 Å². The lowest BCUT2D eigenvalue weighted by Crippen LogP contribution is -2.37. The minimum Gasteiger partial charge on any atom is -0.388 e. The summed E-state index contributed by atoms with van der Waals surface area (Å²) in [4.78, 5) is 15.9. The van der Waals surface area contributed by atoms with Gasteiger partial charge in [-0.15, -0.1) is 0 Å². The van der Waals surface area contributed by atoms with E-state index in [1.54, 1.807) is 18.3 Å². The molecule has 1 aromatic rings. The highest BCUT2D eigenvalue weighted by Gasteiger charge is 2.42. The minimum atomic E-state index is -1.09. The summed E-state index contributed by atoms with van der Waals surface area (Å²) in [7, 11) is 0. The first-order valence-corrected chi connectivity index (χ1v) is 6.50. The molecule has 0 spiro atoms. The van der Waals surface area contributed by atoms with Crippen LogP contribution in [0.5, 0.6) is 0 Å². The second-order valence-electron chi connectivity index (χ2n) is 4.73. The molecule has 20 heavy (non-hydrogen) atoms. The molecule has 0 saturated carbocycles. The van der Waals surface area contributed by atoms with Crippen LogP contribution < -0.4 is 11.1 Å². The van der Waals surface area contributed by atoms with Crippen molar-refractivity contribution in [2.24, 2.45) is 5.73 Å². The quantitative estimate of drug-likeness (QED) is 0.524. The monoisotopic (exact) mass is 281 g/mol. The van der Waals surface area contributed by atoms with Crippen LogP contribution in [0.1, 0.15) is 12.1 Å². The third-order valence-corrected chi connectivity index (χ3v) is 3.27. The molecule has 0 radical (unpaired) electrons. The number of ether oxygens (including phenoxy) is 1. The summed E-state index contributed by atoms with van der Waals surface area (Å²) < 4.78 is 5.36. The first kappa shape index (κ1) is 14.9. The molecule has 0 aromatic carbocycles. The predicted octanol–water partition coefficient (Wildman–Crippen LogP) is -1.46. The van der Waals surface area contributed by atoms with E-state index in [4.69, 9.17) is 10.5 Å². The lowest BCUT2D eigenvalue weighted by molar-refractivity contribution is -0.125. The second kappa shape index (κ2) is 6.76. The van der Waals surface area contributed by atoms with Crippen LogP contribution >= 0.6 is 0 Å². The molecule has 0 unspecified atom stereocenters. The van der Waals surface area contributed by atoms with Crippen molar-refractivity contribution in [1.82, 2.24) is 10.3 Å². The van der Waals surface area contributed by atoms with Gasteiger partial charge in [0.1, 0.15) is 12.2 Å². The van der Waals surface area contributed by atoms with E-state index in [-0.39, 0.29) is 18.9 Å². The van der Waals surface area contributed by atoms with E-state index in [2.05, 4.69) is 10.3 Å². The van der Waals surface area contributed by atoms with E-state index in [1.165, 1.54) is 0 Å². The maximum Gasteiger partial charge on any atom is 0.223 e. The smallest absolute Gasteiger partial charge is 0.223 e. The zero-order valence-corrected chi connectivity index (χ0v) is 11.0. The lowest BCUT2D eigenvalue weighted by atomic mass is 10.1. The number of pyridine rings is 1. The van der Waals surface area contributed by atoms with E-state index in [0.717, 1.165) is 5.69 Å².